The molecule has 0 N–H and O–H groups in total. The van der Waals surface area contributed by atoms with Gasteiger partial charge in [0.2, 0.25) is 0 Å². The van der Waals surface area contributed by atoms with Crippen LogP contribution < -0.4 is 0 Å². The average molecular weight is 232 g/mol. The van der Waals surface area contributed by atoms with Crippen LogP contribution in [0.15, 0.2) is 66.7 Å². The molecule has 0 radical (unpaired) electrons. The Morgan fingerprint density at radius 2 is 1.50 bits per heavy atom. The lowest BCUT2D eigenvalue weighted by molar-refractivity contribution is 1.15. The molecule has 0 bridgehead atoms. The molecular weight excluding hydrogens is 216 g/mol. The predicted molar refractivity (Wildman–Crippen MR) is 78.8 cm³/mol. The Bertz CT molecular complexity index is 666. The van der Waals surface area contributed by atoms with E-state index in [4.69, 9.17) is 0 Å². The van der Waals surface area contributed by atoms with Crippen molar-refractivity contribution >= 4 is 10.8 Å². The van der Waals surface area contributed by atoms with Gasteiger partial charge in [0.05, 0.1) is 0 Å². The molecule has 0 fully saturated rings. The Hall–Kier alpha value is -2.08. The Kier molecular flexibility index (Phi) is 2.85. The van der Waals surface area contributed by atoms with E-state index in [1.54, 1.807) is 0 Å². The summed E-state index contributed by atoms with van der Waals surface area (Å²) in [5.74, 6) is 0. The second-order valence-electron chi connectivity index (χ2n) is 4.58. The van der Waals surface area contributed by atoms with Crippen molar-refractivity contribution in [3.05, 3.63) is 72.3 Å². The first-order valence-corrected chi connectivity index (χ1v) is 6.45. The normalized spacial score (nSPS) is 10.7. The van der Waals surface area contributed by atoms with Crippen LogP contribution in [0.1, 0.15) is 12.5 Å². The van der Waals surface area contributed by atoms with E-state index >= 15 is 0 Å². The molecule has 18 heavy (non-hydrogen) atoms. The molecule has 0 amide bonds. The van der Waals surface area contributed by atoms with Gasteiger partial charge in [0.1, 0.15) is 0 Å². The highest BCUT2D eigenvalue weighted by atomic mass is 14.1. The van der Waals surface area contributed by atoms with Gasteiger partial charge in [0.25, 0.3) is 0 Å². The van der Waals surface area contributed by atoms with E-state index in [0.29, 0.717) is 0 Å². The summed E-state index contributed by atoms with van der Waals surface area (Å²) >= 11 is 0. The molecule has 0 saturated carbocycles. The molecule has 0 aromatic heterocycles. The number of aryl methyl sites for hydroxylation is 1. The summed E-state index contributed by atoms with van der Waals surface area (Å²) in [6.07, 6.45) is 1.07. The molecule has 88 valence electrons. The van der Waals surface area contributed by atoms with Crippen LogP contribution in [-0.4, -0.2) is 0 Å². The zero-order valence-corrected chi connectivity index (χ0v) is 10.6. The molecule has 0 spiro atoms. The minimum atomic E-state index is 1.07. The van der Waals surface area contributed by atoms with E-state index in [2.05, 4.69) is 73.7 Å². The van der Waals surface area contributed by atoms with Gasteiger partial charge in [-0.25, -0.2) is 0 Å². The van der Waals surface area contributed by atoms with Crippen LogP contribution in [0.4, 0.5) is 0 Å². The topological polar surface area (TPSA) is 0 Å². The fourth-order valence-electron chi connectivity index (χ4n) is 2.43. The molecule has 0 atom stereocenters. The smallest absolute Gasteiger partial charge is 0.0103 e. The predicted octanol–water partition coefficient (Wildman–Crippen LogP) is 5.07. The molecule has 0 aliphatic carbocycles. The lowest BCUT2D eigenvalue weighted by Gasteiger charge is -2.09. The second kappa shape index (κ2) is 4.66. The minimum absolute atomic E-state index is 1.07. The summed E-state index contributed by atoms with van der Waals surface area (Å²) in [7, 11) is 0. The highest BCUT2D eigenvalue weighted by molar-refractivity contribution is 5.97. The number of benzene rings is 3. The maximum absolute atomic E-state index is 2.32. The van der Waals surface area contributed by atoms with E-state index in [9.17, 15) is 0 Å². The lowest BCUT2D eigenvalue weighted by atomic mass is 9.95. The highest BCUT2D eigenvalue weighted by Crippen LogP contribution is 2.30. The first-order valence-electron chi connectivity index (χ1n) is 6.45. The van der Waals surface area contributed by atoms with Crippen molar-refractivity contribution in [2.24, 2.45) is 0 Å². The van der Waals surface area contributed by atoms with Crippen LogP contribution in [0.5, 0.6) is 0 Å². The van der Waals surface area contributed by atoms with Gasteiger partial charge in [0, 0.05) is 0 Å². The molecule has 0 aliphatic rings. The maximum Gasteiger partial charge on any atom is -0.0103 e. The monoisotopic (exact) mass is 232 g/mol. The fraction of sp³-hybridized carbons (Fsp3) is 0.111. The molecular formula is C18H16. The Balaban J connectivity index is 2.33. The van der Waals surface area contributed by atoms with Gasteiger partial charge >= 0.3 is 0 Å². The number of fused-ring (bicyclic) bond motifs is 1. The summed E-state index contributed by atoms with van der Waals surface area (Å²) in [5, 5.41) is 2.66. The first-order chi connectivity index (χ1) is 8.88. The summed E-state index contributed by atoms with van der Waals surface area (Å²) in [4.78, 5) is 0. The van der Waals surface area contributed by atoms with Crippen LogP contribution in [0.3, 0.4) is 0 Å². The van der Waals surface area contributed by atoms with Crippen LogP contribution >= 0.6 is 0 Å². The van der Waals surface area contributed by atoms with Gasteiger partial charge in [0.15, 0.2) is 0 Å². The van der Waals surface area contributed by atoms with Crippen LogP contribution in [0.2, 0.25) is 0 Å². The van der Waals surface area contributed by atoms with Crippen molar-refractivity contribution in [2.45, 2.75) is 13.3 Å². The van der Waals surface area contributed by atoms with Crippen molar-refractivity contribution in [2.75, 3.05) is 0 Å². The third-order valence-electron chi connectivity index (χ3n) is 3.41. The third kappa shape index (κ3) is 1.91. The maximum atomic E-state index is 2.32. The molecule has 0 saturated heterocycles. The summed E-state index contributed by atoms with van der Waals surface area (Å²) in [6, 6.07) is 23.9. The van der Waals surface area contributed by atoms with Crippen LogP contribution in [0.25, 0.3) is 21.9 Å². The number of rotatable bonds is 2. The molecule has 0 heterocycles. The minimum Gasteiger partial charge on any atom is -0.0622 e. The van der Waals surface area contributed by atoms with Gasteiger partial charge in [-0.2, -0.15) is 0 Å². The zero-order chi connectivity index (χ0) is 12.4. The van der Waals surface area contributed by atoms with Crippen LogP contribution in [0, 0.1) is 0 Å². The van der Waals surface area contributed by atoms with E-state index < -0.39 is 0 Å². The number of hydrogen-bond acceptors (Lipinski definition) is 0. The van der Waals surface area contributed by atoms with Crippen LogP contribution in [-0.2, 0) is 6.42 Å². The Labute approximate surface area is 108 Å². The van der Waals surface area contributed by atoms with Gasteiger partial charge in [-0.1, -0.05) is 73.7 Å². The SMILES string of the molecule is CCc1cc(-c2ccccc2)c2ccccc2c1. The zero-order valence-electron chi connectivity index (χ0n) is 10.6. The largest absolute Gasteiger partial charge is 0.0622 e. The fourth-order valence-corrected chi connectivity index (χ4v) is 2.43. The number of hydrogen-bond donors (Lipinski definition) is 0. The van der Waals surface area contributed by atoms with Crippen molar-refractivity contribution in [3.8, 4) is 11.1 Å². The van der Waals surface area contributed by atoms with Crippen molar-refractivity contribution < 1.29 is 0 Å². The molecule has 3 rings (SSSR count). The first kappa shape index (κ1) is 11.0. The highest BCUT2D eigenvalue weighted by Gasteiger charge is 2.04. The van der Waals surface area contributed by atoms with E-state index in [-0.39, 0.29) is 0 Å². The van der Waals surface area contributed by atoms with Crippen molar-refractivity contribution in [1.82, 2.24) is 0 Å². The molecule has 3 aromatic rings. The standard InChI is InChI=1S/C18H16/c1-2-14-12-16-10-6-7-11-17(16)18(13-14)15-8-4-3-5-9-15/h3-13H,2H2,1H3. The summed E-state index contributed by atoms with van der Waals surface area (Å²) in [5.41, 5.74) is 4.03. The van der Waals surface area contributed by atoms with Gasteiger partial charge in [-0.15, -0.1) is 0 Å². The second-order valence-corrected chi connectivity index (χ2v) is 4.58. The van der Waals surface area contributed by atoms with E-state index in [1.807, 2.05) is 0 Å². The summed E-state index contributed by atoms with van der Waals surface area (Å²) < 4.78 is 0. The van der Waals surface area contributed by atoms with Gasteiger partial charge in [-0.05, 0) is 33.9 Å². The van der Waals surface area contributed by atoms with Crippen molar-refractivity contribution in [3.63, 3.8) is 0 Å². The molecule has 3 aromatic carbocycles. The lowest BCUT2D eigenvalue weighted by Crippen LogP contribution is -1.86. The molecule has 0 unspecified atom stereocenters. The molecule has 0 aliphatic heterocycles. The van der Waals surface area contributed by atoms with E-state index in [1.165, 1.54) is 27.5 Å². The van der Waals surface area contributed by atoms with E-state index in [0.717, 1.165) is 6.42 Å². The Morgan fingerprint density at radius 1 is 0.778 bits per heavy atom. The molecule has 0 heteroatoms. The van der Waals surface area contributed by atoms with Gasteiger partial charge < -0.3 is 0 Å². The average Bonchev–Trinajstić information content (AvgIpc) is 2.47. The van der Waals surface area contributed by atoms with Gasteiger partial charge in [-0.3, -0.25) is 0 Å². The van der Waals surface area contributed by atoms with Crippen molar-refractivity contribution in [1.29, 1.82) is 0 Å². The summed E-state index contributed by atoms with van der Waals surface area (Å²) in [6.45, 7) is 2.21. The quantitative estimate of drug-likeness (QED) is 0.578. The third-order valence-corrected chi connectivity index (χ3v) is 3.41. The Morgan fingerprint density at radius 3 is 2.28 bits per heavy atom. The molecule has 0 nitrogen and oxygen atoms in total.